The number of thioether (sulfide) groups is 1. The Hall–Kier alpha value is -2.41. The molecule has 1 aliphatic rings. The van der Waals surface area contributed by atoms with E-state index in [1.54, 1.807) is 45.5 Å². The number of amides is 1. The first-order valence-electron chi connectivity index (χ1n) is 7.77. The number of ether oxygens (including phenoxy) is 3. The average molecular weight is 360 g/mol. The van der Waals surface area contributed by atoms with Gasteiger partial charge in [0.15, 0.2) is 11.5 Å². The minimum Gasteiger partial charge on any atom is -0.493 e. The summed E-state index contributed by atoms with van der Waals surface area (Å²) in [7, 11) is 4.73. The number of rotatable bonds is 6. The topological polar surface area (TPSA) is 60.9 Å². The highest BCUT2D eigenvalue weighted by Gasteiger charge is 2.33. The van der Waals surface area contributed by atoms with Crippen molar-refractivity contribution in [2.75, 3.05) is 27.1 Å². The molecule has 1 aromatic carbocycles. The largest absolute Gasteiger partial charge is 0.493 e. The zero-order valence-corrected chi connectivity index (χ0v) is 15.2. The van der Waals surface area contributed by atoms with Gasteiger partial charge in [-0.3, -0.25) is 9.78 Å². The van der Waals surface area contributed by atoms with E-state index in [1.807, 2.05) is 29.2 Å². The van der Waals surface area contributed by atoms with Gasteiger partial charge in [0.05, 0.1) is 27.1 Å². The van der Waals surface area contributed by atoms with E-state index in [0.717, 1.165) is 11.1 Å². The molecular weight excluding hydrogens is 340 g/mol. The lowest BCUT2D eigenvalue weighted by molar-refractivity contribution is -0.128. The molecule has 0 radical (unpaired) electrons. The smallest absolute Gasteiger partial charge is 0.234 e. The van der Waals surface area contributed by atoms with Gasteiger partial charge in [-0.25, -0.2) is 0 Å². The van der Waals surface area contributed by atoms with Gasteiger partial charge in [0.2, 0.25) is 11.7 Å². The summed E-state index contributed by atoms with van der Waals surface area (Å²) in [5.41, 5.74) is 1.99. The third-order valence-corrected chi connectivity index (χ3v) is 5.29. The number of methoxy groups -OCH3 is 3. The minimum atomic E-state index is -0.0189. The number of benzene rings is 1. The minimum absolute atomic E-state index is 0.0189. The fraction of sp³-hybridized carbons (Fsp3) is 0.333. The molecule has 1 fully saturated rings. The van der Waals surface area contributed by atoms with Crippen molar-refractivity contribution in [3.05, 3.63) is 47.8 Å². The van der Waals surface area contributed by atoms with E-state index < -0.39 is 0 Å². The Morgan fingerprint density at radius 2 is 1.76 bits per heavy atom. The van der Waals surface area contributed by atoms with Gasteiger partial charge in [-0.15, -0.1) is 11.8 Å². The molecule has 2 heterocycles. The van der Waals surface area contributed by atoms with E-state index in [2.05, 4.69) is 4.98 Å². The van der Waals surface area contributed by atoms with Gasteiger partial charge < -0.3 is 19.1 Å². The second-order valence-corrected chi connectivity index (χ2v) is 6.57. The maximum atomic E-state index is 12.4. The highest BCUT2D eigenvalue weighted by atomic mass is 32.2. The van der Waals surface area contributed by atoms with Gasteiger partial charge in [0.25, 0.3) is 0 Å². The third kappa shape index (κ3) is 3.51. The van der Waals surface area contributed by atoms with Gasteiger partial charge in [-0.2, -0.15) is 0 Å². The molecule has 132 valence electrons. The van der Waals surface area contributed by atoms with Crippen molar-refractivity contribution in [2.24, 2.45) is 0 Å². The Bertz CT molecular complexity index is 729. The third-order valence-electron chi connectivity index (χ3n) is 4.04. The lowest BCUT2D eigenvalue weighted by Gasteiger charge is -2.25. The Kier molecular flexibility index (Phi) is 5.33. The number of carbonyl (C=O) groups excluding carboxylic acids is 1. The predicted octanol–water partition coefficient (Wildman–Crippen LogP) is 2.88. The Morgan fingerprint density at radius 3 is 2.32 bits per heavy atom. The number of pyridine rings is 1. The first-order chi connectivity index (χ1) is 12.2. The SMILES string of the molecule is COc1cc(CN2C(=O)CSC2c2ccncc2)cc(OC)c1OC. The molecule has 1 atom stereocenters. The summed E-state index contributed by atoms with van der Waals surface area (Å²) >= 11 is 1.62. The number of carbonyl (C=O) groups is 1. The highest BCUT2D eigenvalue weighted by molar-refractivity contribution is 8.00. The maximum absolute atomic E-state index is 12.4. The summed E-state index contributed by atoms with van der Waals surface area (Å²) < 4.78 is 16.2. The first-order valence-corrected chi connectivity index (χ1v) is 8.82. The molecule has 6 nitrogen and oxygen atoms in total. The number of nitrogens with zero attached hydrogens (tertiary/aromatic N) is 2. The van der Waals surface area contributed by atoms with Gasteiger partial charge in [-0.05, 0) is 35.4 Å². The van der Waals surface area contributed by atoms with E-state index in [4.69, 9.17) is 14.2 Å². The zero-order valence-electron chi connectivity index (χ0n) is 14.4. The summed E-state index contributed by atoms with van der Waals surface area (Å²) in [6.45, 7) is 0.468. The van der Waals surface area contributed by atoms with Crippen LogP contribution in [0.25, 0.3) is 0 Å². The van der Waals surface area contributed by atoms with Crippen molar-refractivity contribution in [3.8, 4) is 17.2 Å². The summed E-state index contributed by atoms with van der Waals surface area (Å²) in [5.74, 6) is 2.28. The van der Waals surface area contributed by atoms with Gasteiger partial charge in [0.1, 0.15) is 5.37 Å². The van der Waals surface area contributed by atoms with Crippen molar-refractivity contribution >= 4 is 17.7 Å². The Balaban J connectivity index is 1.91. The van der Waals surface area contributed by atoms with Crippen molar-refractivity contribution in [1.29, 1.82) is 0 Å². The first kappa shape index (κ1) is 17.4. The van der Waals surface area contributed by atoms with Crippen molar-refractivity contribution in [1.82, 2.24) is 9.88 Å². The lowest BCUT2D eigenvalue weighted by atomic mass is 10.1. The monoisotopic (exact) mass is 360 g/mol. The number of aromatic nitrogens is 1. The average Bonchev–Trinajstić information content (AvgIpc) is 3.02. The summed E-state index contributed by atoms with van der Waals surface area (Å²) in [6, 6.07) is 7.64. The summed E-state index contributed by atoms with van der Waals surface area (Å²) in [6.07, 6.45) is 3.49. The second kappa shape index (κ2) is 7.65. The molecule has 0 aliphatic carbocycles. The molecule has 0 bridgehead atoms. The van der Waals surface area contributed by atoms with Crippen LogP contribution in [0.15, 0.2) is 36.7 Å². The van der Waals surface area contributed by atoms with Crippen LogP contribution in [0.4, 0.5) is 0 Å². The van der Waals surface area contributed by atoms with Gasteiger partial charge >= 0.3 is 0 Å². The molecule has 25 heavy (non-hydrogen) atoms. The Labute approximate surface area is 151 Å². The number of hydrogen-bond acceptors (Lipinski definition) is 6. The van der Waals surface area contributed by atoms with Crippen molar-refractivity contribution in [2.45, 2.75) is 11.9 Å². The van der Waals surface area contributed by atoms with Crippen LogP contribution in [-0.2, 0) is 11.3 Å². The molecule has 0 spiro atoms. The summed E-state index contributed by atoms with van der Waals surface area (Å²) in [4.78, 5) is 18.3. The van der Waals surface area contributed by atoms with Crippen LogP contribution in [0, 0.1) is 0 Å². The molecule has 2 aromatic rings. The van der Waals surface area contributed by atoms with Crippen LogP contribution in [0.5, 0.6) is 17.2 Å². The second-order valence-electron chi connectivity index (χ2n) is 5.50. The van der Waals surface area contributed by atoms with Crippen LogP contribution in [-0.4, -0.2) is 42.9 Å². The van der Waals surface area contributed by atoms with Crippen LogP contribution in [0.3, 0.4) is 0 Å². The maximum Gasteiger partial charge on any atom is 0.234 e. The molecule has 1 unspecified atom stereocenters. The fourth-order valence-electron chi connectivity index (χ4n) is 2.85. The molecule has 7 heteroatoms. The Morgan fingerprint density at radius 1 is 1.12 bits per heavy atom. The van der Waals surface area contributed by atoms with Crippen LogP contribution in [0.1, 0.15) is 16.5 Å². The molecule has 3 rings (SSSR count). The van der Waals surface area contributed by atoms with E-state index in [0.29, 0.717) is 29.5 Å². The standard InChI is InChI=1S/C18H20N2O4S/c1-22-14-8-12(9-15(23-2)17(14)24-3)10-20-16(21)11-25-18(20)13-4-6-19-7-5-13/h4-9,18H,10-11H2,1-3H3. The van der Waals surface area contributed by atoms with Crippen molar-refractivity contribution < 1.29 is 19.0 Å². The number of hydrogen-bond donors (Lipinski definition) is 0. The van der Waals surface area contributed by atoms with E-state index in [-0.39, 0.29) is 11.3 Å². The van der Waals surface area contributed by atoms with Crippen molar-refractivity contribution in [3.63, 3.8) is 0 Å². The highest BCUT2D eigenvalue weighted by Crippen LogP contribution is 2.42. The van der Waals surface area contributed by atoms with Gasteiger partial charge in [-0.1, -0.05) is 0 Å². The lowest BCUT2D eigenvalue weighted by Crippen LogP contribution is -2.27. The molecule has 0 N–H and O–H groups in total. The van der Waals surface area contributed by atoms with E-state index >= 15 is 0 Å². The molecule has 1 amide bonds. The van der Waals surface area contributed by atoms with Crippen LogP contribution >= 0.6 is 11.8 Å². The molecule has 1 aromatic heterocycles. The molecular formula is C18H20N2O4S. The quantitative estimate of drug-likeness (QED) is 0.789. The fourth-order valence-corrected chi connectivity index (χ4v) is 4.04. The molecule has 1 aliphatic heterocycles. The van der Waals surface area contributed by atoms with Crippen LogP contribution < -0.4 is 14.2 Å². The van der Waals surface area contributed by atoms with E-state index in [9.17, 15) is 4.79 Å². The van der Waals surface area contributed by atoms with E-state index in [1.165, 1.54) is 0 Å². The normalized spacial score (nSPS) is 16.8. The molecule has 0 saturated carbocycles. The zero-order chi connectivity index (χ0) is 17.8. The van der Waals surface area contributed by atoms with Gasteiger partial charge in [0, 0.05) is 18.9 Å². The molecule has 1 saturated heterocycles. The predicted molar refractivity (Wildman–Crippen MR) is 96.1 cm³/mol. The summed E-state index contributed by atoms with van der Waals surface area (Å²) in [5, 5.41) is -0.0189. The van der Waals surface area contributed by atoms with Crippen LogP contribution in [0.2, 0.25) is 0 Å².